The Labute approximate surface area is 167 Å². The average molecular weight is 394 g/mol. The first-order chi connectivity index (χ1) is 14.1. The Morgan fingerprint density at radius 2 is 2.24 bits per heavy atom. The minimum absolute atomic E-state index is 0.0447. The summed E-state index contributed by atoms with van der Waals surface area (Å²) >= 11 is 0. The minimum atomic E-state index is -0.858. The van der Waals surface area contributed by atoms with E-state index in [1.807, 2.05) is 19.2 Å². The van der Waals surface area contributed by atoms with Crippen LogP contribution in [0.5, 0.6) is 5.88 Å². The number of anilines is 1. The number of hydrogen-bond acceptors (Lipinski definition) is 7. The van der Waals surface area contributed by atoms with Gasteiger partial charge in [-0.15, -0.1) is 0 Å². The van der Waals surface area contributed by atoms with E-state index in [1.54, 1.807) is 10.7 Å². The van der Waals surface area contributed by atoms with Gasteiger partial charge in [-0.1, -0.05) is 0 Å². The normalized spacial score (nSPS) is 22.0. The summed E-state index contributed by atoms with van der Waals surface area (Å²) in [5, 5.41) is 17.2. The molecule has 1 fully saturated rings. The molecule has 1 amide bonds. The quantitative estimate of drug-likeness (QED) is 0.591. The smallest absolute Gasteiger partial charge is 0.256 e. The van der Waals surface area contributed by atoms with Crippen LogP contribution >= 0.6 is 0 Å². The summed E-state index contributed by atoms with van der Waals surface area (Å²) in [5.74, 6) is 0.980. The van der Waals surface area contributed by atoms with Gasteiger partial charge in [0.1, 0.15) is 24.1 Å². The molecule has 2 aliphatic heterocycles. The molecule has 0 aromatic carbocycles. The number of aliphatic hydroxyl groups excluding tert-OH is 1. The molecule has 3 aromatic rings. The minimum Gasteiger partial charge on any atom is -0.475 e. The van der Waals surface area contributed by atoms with Crippen molar-refractivity contribution in [2.75, 3.05) is 24.6 Å². The monoisotopic (exact) mass is 394 g/mol. The number of amides is 1. The molecule has 5 rings (SSSR count). The number of aryl methyl sites for hydroxylation is 1. The van der Waals surface area contributed by atoms with Gasteiger partial charge >= 0.3 is 0 Å². The number of aromatic nitrogens is 4. The van der Waals surface area contributed by atoms with E-state index < -0.39 is 6.10 Å². The van der Waals surface area contributed by atoms with E-state index in [-0.39, 0.29) is 25.1 Å². The summed E-state index contributed by atoms with van der Waals surface area (Å²) < 4.78 is 7.46. The van der Waals surface area contributed by atoms with Crippen LogP contribution in [0.2, 0.25) is 0 Å². The zero-order chi connectivity index (χ0) is 20.0. The fourth-order valence-electron chi connectivity index (χ4n) is 4.02. The van der Waals surface area contributed by atoms with Crippen molar-refractivity contribution in [2.45, 2.75) is 31.9 Å². The maximum Gasteiger partial charge on any atom is 0.256 e. The topological polar surface area (TPSA) is 105 Å². The van der Waals surface area contributed by atoms with Crippen molar-refractivity contribution in [3.05, 3.63) is 47.4 Å². The van der Waals surface area contributed by atoms with Crippen molar-refractivity contribution in [1.82, 2.24) is 24.9 Å². The van der Waals surface area contributed by atoms with Gasteiger partial charge in [0.05, 0.1) is 12.2 Å². The summed E-state index contributed by atoms with van der Waals surface area (Å²) in [6.07, 6.45) is 6.18. The Morgan fingerprint density at radius 1 is 1.34 bits per heavy atom. The van der Waals surface area contributed by atoms with Gasteiger partial charge < -0.3 is 20.1 Å². The van der Waals surface area contributed by atoms with Crippen LogP contribution in [0.25, 0.3) is 5.65 Å². The van der Waals surface area contributed by atoms with E-state index in [9.17, 15) is 9.90 Å². The molecule has 0 unspecified atom stereocenters. The van der Waals surface area contributed by atoms with E-state index in [1.165, 1.54) is 6.20 Å². The number of β-amino-alcohol motifs (C(OH)–C–C–N with tert-alkyl or cyclic N) is 1. The molecule has 0 radical (unpaired) electrons. The number of hydrogen-bond donors (Lipinski definition) is 2. The molecule has 9 nitrogen and oxygen atoms in total. The van der Waals surface area contributed by atoms with E-state index in [2.05, 4.69) is 26.4 Å². The van der Waals surface area contributed by atoms with Crippen molar-refractivity contribution < 1.29 is 14.6 Å². The molecule has 5 heterocycles. The SMILES string of the molecule is Cc1cnc2c(c1)[C@H]1CCCN1c1ccn3ncc(c3n1)C(=O)NC[C@@H](O)CO2. The number of rotatable bonds is 0. The Kier molecular flexibility index (Phi) is 4.31. The van der Waals surface area contributed by atoms with Gasteiger partial charge in [0.15, 0.2) is 5.65 Å². The van der Waals surface area contributed by atoms with Crippen LogP contribution in [0.3, 0.4) is 0 Å². The number of carbonyl (C=O) groups excluding carboxylic acids is 1. The number of pyridine rings is 1. The Hall–Kier alpha value is -3.20. The lowest BCUT2D eigenvalue weighted by molar-refractivity contribution is 0.0835. The maximum absolute atomic E-state index is 12.6. The van der Waals surface area contributed by atoms with Crippen molar-refractivity contribution in [3.63, 3.8) is 0 Å². The van der Waals surface area contributed by atoms with Gasteiger partial charge in [0.25, 0.3) is 5.91 Å². The molecule has 2 N–H and O–H groups in total. The van der Waals surface area contributed by atoms with Gasteiger partial charge in [0, 0.05) is 31.0 Å². The lowest BCUT2D eigenvalue weighted by atomic mass is 10.0. The summed E-state index contributed by atoms with van der Waals surface area (Å²) in [6, 6.07) is 4.07. The summed E-state index contributed by atoms with van der Waals surface area (Å²) in [6.45, 7) is 2.96. The number of ether oxygens (including phenoxy) is 1. The molecule has 2 atom stereocenters. The van der Waals surface area contributed by atoms with Crippen LogP contribution in [0.15, 0.2) is 30.7 Å². The van der Waals surface area contributed by atoms with Crippen molar-refractivity contribution in [3.8, 4) is 5.88 Å². The second kappa shape index (κ2) is 7.00. The number of aliphatic hydroxyl groups is 1. The fourth-order valence-corrected chi connectivity index (χ4v) is 4.02. The van der Waals surface area contributed by atoms with Crippen molar-refractivity contribution in [2.24, 2.45) is 0 Å². The van der Waals surface area contributed by atoms with E-state index in [0.29, 0.717) is 17.1 Å². The lowest BCUT2D eigenvalue weighted by Gasteiger charge is -2.28. The first kappa shape index (κ1) is 17.9. The summed E-state index contributed by atoms with van der Waals surface area (Å²) in [4.78, 5) is 24.0. The van der Waals surface area contributed by atoms with Crippen molar-refractivity contribution >= 4 is 17.4 Å². The van der Waals surface area contributed by atoms with Crippen LogP contribution in [0, 0.1) is 6.92 Å². The molecule has 9 heteroatoms. The third kappa shape index (κ3) is 3.17. The molecule has 0 saturated carbocycles. The third-order valence-electron chi connectivity index (χ3n) is 5.43. The molecular formula is C20H22N6O3. The van der Waals surface area contributed by atoms with Crippen LogP contribution in [0.4, 0.5) is 5.82 Å². The molecule has 2 bridgehead atoms. The Bertz CT molecular complexity index is 1080. The highest BCUT2D eigenvalue weighted by Gasteiger charge is 2.31. The first-order valence-corrected chi connectivity index (χ1v) is 9.77. The second-order valence-electron chi connectivity index (χ2n) is 7.55. The first-order valence-electron chi connectivity index (χ1n) is 9.77. The predicted octanol–water partition coefficient (Wildman–Crippen LogP) is 1.26. The van der Waals surface area contributed by atoms with Crippen LogP contribution in [-0.2, 0) is 0 Å². The Balaban J connectivity index is 1.66. The molecular weight excluding hydrogens is 372 g/mol. The van der Waals surface area contributed by atoms with Gasteiger partial charge in [0.2, 0.25) is 5.88 Å². The highest BCUT2D eigenvalue weighted by Crippen LogP contribution is 2.39. The van der Waals surface area contributed by atoms with Gasteiger partial charge in [-0.25, -0.2) is 14.5 Å². The van der Waals surface area contributed by atoms with Crippen LogP contribution in [-0.4, -0.2) is 56.4 Å². The number of nitrogens with zero attached hydrogens (tertiary/aromatic N) is 5. The lowest BCUT2D eigenvalue weighted by Crippen LogP contribution is -2.35. The van der Waals surface area contributed by atoms with Gasteiger partial charge in [-0.2, -0.15) is 5.10 Å². The second-order valence-corrected chi connectivity index (χ2v) is 7.55. The van der Waals surface area contributed by atoms with E-state index in [0.717, 1.165) is 36.3 Å². The van der Waals surface area contributed by atoms with Gasteiger partial charge in [-0.05, 0) is 37.5 Å². The van der Waals surface area contributed by atoms with Gasteiger partial charge in [-0.3, -0.25) is 4.79 Å². The molecule has 0 aliphatic carbocycles. The number of carbonyl (C=O) groups is 1. The summed E-state index contributed by atoms with van der Waals surface area (Å²) in [7, 11) is 0. The zero-order valence-electron chi connectivity index (χ0n) is 16.1. The molecule has 29 heavy (non-hydrogen) atoms. The van der Waals surface area contributed by atoms with E-state index >= 15 is 0 Å². The zero-order valence-corrected chi connectivity index (χ0v) is 16.1. The molecule has 150 valence electrons. The molecule has 2 aliphatic rings. The maximum atomic E-state index is 12.6. The highest BCUT2D eigenvalue weighted by atomic mass is 16.5. The standard InChI is InChI=1S/C20H22N6O3/c1-12-7-14-16-3-2-5-25(16)17-4-6-26-18(24-17)15(10-23-26)19(28)21-9-13(27)11-29-20(14)22-8-12/h4,6-8,10,13,16,27H,2-3,5,9,11H2,1H3,(H,21,28)/t13-,16-/m1/s1. The molecule has 1 saturated heterocycles. The predicted molar refractivity (Wildman–Crippen MR) is 105 cm³/mol. The van der Waals surface area contributed by atoms with Crippen LogP contribution in [0.1, 0.15) is 40.4 Å². The largest absolute Gasteiger partial charge is 0.475 e. The molecule has 0 spiro atoms. The van der Waals surface area contributed by atoms with E-state index in [4.69, 9.17) is 9.72 Å². The highest BCUT2D eigenvalue weighted by molar-refractivity contribution is 5.99. The van der Waals surface area contributed by atoms with Crippen LogP contribution < -0.4 is 15.0 Å². The fraction of sp³-hybridized carbons (Fsp3) is 0.400. The summed E-state index contributed by atoms with van der Waals surface area (Å²) in [5.41, 5.74) is 2.92. The van der Waals surface area contributed by atoms with Crippen molar-refractivity contribution in [1.29, 1.82) is 0 Å². The number of fused-ring (bicyclic) bond motifs is 5. The molecule has 3 aromatic heterocycles. The number of nitrogens with one attached hydrogen (secondary N) is 1. The Morgan fingerprint density at radius 3 is 3.14 bits per heavy atom. The average Bonchev–Trinajstić information content (AvgIpc) is 3.37. The third-order valence-corrected chi connectivity index (χ3v) is 5.43.